The zero-order chi connectivity index (χ0) is 16.9. The second-order valence-electron chi connectivity index (χ2n) is 5.84. The maximum Gasteiger partial charge on any atom is 0.251 e. The first-order valence-corrected chi connectivity index (χ1v) is 7.86. The van der Waals surface area contributed by atoms with Gasteiger partial charge < -0.3 is 14.3 Å². The zero-order valence-corrected chi connectivity index (χ0v) is 13.8. The van der Waals surface area contributed by atoms with Crippen LogP contribution in [0.15, 0.2) is 71.6 Å². The van der Waals surface area contributed by atoms with Crippen LogP contribution in [-0.4, -0.2) is 36.0 Å². The SMILES string of the molecule is CN(C)C(CNC(=O)c1ccc(-n2cccc2)cc1)c1ccco1. The highest BCUT2D eigenvalue weighted by molar-refractivity contribution is 5.94. The summed E-state index contributed by atoms with van der Waals surface area (Å²) in [6.07, 6.45) is 5.59. The van der Waals surface area contributed by atoms with Crippen LogP contribution >= 0.6 is 0 Å². The number of benzene rings is 1. The summed E-state index contributed by atoms with van der Waals surface area (Å²) in [6, 6.07) is 15.3. The van der Waals surface area contributed by atoms with E-state index < -0.39 is 0 Å². The number of likely N-dealkylation sites (N-methyl/N-ethyl adjacent to an activating group) is 1. The van der Waals surface area contributed by atoms with E-state index in [0.717, 1.165) is 11.4 Å². The number of amides is 1. The minimum absolute atomic E-state index is 0.00287. The molecule has 1 unspecified atom stereocenters. The highest BCUT2D eigenvalue weighted by Crippen LogP contribution is 2.18. The van der Waals surface area contributed by atoms with Crippen molar-refractivity contribution in [1.82, 2.24) is 14.8 Å². The highest BCUT2D eigenvalue weighted by atomic mass is 16.3. The summed E-state index contributed by atoms with van der Waals surface area (Å²) < 4.78 is 7.46. The topological polar surface area (TPSA) is 50.4 Å². The van der Waals surface area contributed by atoms with Crippen LogP contribution in [0.2, 0.25) is 0 Å². The van der Waals surface area contributed by atoms with Gasteiger partial charge in [-0.3, -0.25) is 9.69 Å². The fraction of sp³-hybridized carbons (Fsp3) is 0.211. The Kier molecular flexibility index (Phi) is 4.82. The van der Waals surface area contributed by atoms with Crippen molar-refractivity contribution in [3.05, 3.63) is 78.5 Å². The van der Waals surface area contributed by atoms with Crippen LogP contribution in [0.1, 0.15) is 22.2 Å². The monoisotopic (exact) mass is 323 g/mol. The molecule has 24 heavy (non-hydrogen) atoms. The number of hydrogen-bond acceptors (Lipinski definition) is 3. The molecule has 124 valence electrons. The molecule has 2 aromatic heterocycles. The summed E-state index contributed by atoms with van der Waals surface area (Å²) >= 11 is 0. The van der Waals surface area contributed by atoms with Crippen molar-refractivity contribution >= 4 is 5.91 Å². The molecule has 0 fully saturated rings. The predicted octanol–water partition coefficient (Wildman–Crippen LogP) is 3.10. The summed E-state index contributed by atoms with van der Waals surface area (Å²) in [5.74, 6) is 0.746. The Morgan fingerprint density at radius 3 is 2.42 bits per heavy atom. The number of carbonyl (C=O) groups is 1. The normalized spacial score (nSPS) is 12.3. The van der Waals surface area contributed by atoms with Crippen LogP contribution in [0.25, 0.3) is 5.69 Å². The Balaban J connectivity index is 1.64. The Bertz CT molecular complexity index is 760. The lowest BCUT2D eigenvalue weighted by molar-refractivity contribution is 0.0939. The number of rotatable bonds is 6. The Morgan fingerprint density at radius 1 is 1.12 bits per heavy atom. The molecule has 0 radical (unpaired) electrons. The lowest BCUT2D eigenvalue weighted by atomic mass is 10.1. The molecule has 0 aliphatic carbocycles. The van der Waals surface area contributed by atoms with Gasteiger partial charge in [0, 0.05) is 30.2 Å². The number of nitrogens with one attached hydrogen (secondary N) is 1. The number of aromatic nitrogens is 1. The van der Waals surface area contributed by atoms with Crippen LogP contribution in [0.3, 0.4) is 0 Å². The van der Waals surface area contributed by atoms with Gasteiger partial charge in [-0.15, -0.1) is 0 Å². The van der Waals surface area contributed by atoms with E-state index in [-0.39, 0.29) is 11.9 Å². The van der Waals surface area contributed by atoms with Gasteiger partial charge in [0.05, 0.1) is 12.3 Å². The van der Waals surface area contributed by atoms with Gasteiger partial charge in [0.15, 0.2) is 0 Å². The van der Waals surface area contributed by atoms with Crippen molar-refractivity contribution in [2.75, 3.05) is 20.6 Å². The fourth-order valence-electron chi connectivity index (χ4n) is 2.60. The van der Waals surface area contributed by atoms with Gasteiger partial charge in [-0.05, 0) is 62.6 Å². The molecule has 1 atom stereocenters. The maximum atomic E-state index is 12.4. The lowest BCUT2D eigenvalue weighted by Crippen LogP contribution is -2.34. The molecule has 2 heterocycles. The minimum atomic E-state index is -0.0903. The summed E-state index contributed by atoms with van der Waals surface area (Å²) in [7, 11) is 3.93. The smallest absolute Gasteiger partial charge is 0.251 e. The molecular formula is C19H21N3O2. The Hall–Kier alpha value is -2.79. The zero-order valence-electron chi connectivity index (χ0n) is 13.8. The molecule has 3 rings (SSSR count). The summed E-state index contributed by atoms with van der Waals surface area (Å²) in [6.45, 7) is 0.485. The molecule has 1 amide bonds. The first kappa shape index (κ1) is 16.1. The predicted molar refractivity (Wildman–Crippen MR) is 93.2 cm³/mol. The van der Waals surface area contributed by atoms with Crippen LogP contribution in [-0.2, 0) is 0 Å². The Labute approximate surface area is 141 Å². The van der Waals surface area contributed by atoms with Gasteiger partial charge in [-0.25, -0.2) is 0 Å². The van der Waals surface area contributed by atoms with Crippen LogP contribution in [0.4, 0.5) is 0 Å². The van der Waals surface area contributed by atoms with E-state index in [1.165, 1.54) is 0 Å². The number of furan rings is 1. The summed E-state index contributed by atoms with van der Waals surface area (Å²) in [4.78, 5) is 14.4. The van der Waals surface area contributed by atoms with Gasteiger partial charge in [0.2, 0.25) is 0 Å². The molecule has 0 aliphatic heterocycles. The first-order chi connectivity index (χ1) is 11.6. The van der Waals surface area contributed by atoms with Crippen LogP contribution in [0, 0.1) is 0 Å². The van der Waals surface area contributed by atoms with Crippen LogP contribution in [0.5, 0.6) is 0 Å². The van der Waals surface area contributed by atoms with Crippen molar-refractivity contribution < 1.29 is 9.21 Å². The standard InChI is InChI=1S/C19H21N3O2/c1-21(2)17(18-6-5-13-24-18)14-20-19(23)15-7-9-16(10-8-15)22-11-3-4-12-22/h3-13,17H,14H2,1-2H3,(H,20,23). The van der Waals surface area contributed by atoms with Crippen LogP contribution < -0.4 is 5.32 Å². The number of hydrogen-bond donors (Lipinski definition) is 1. The second kappa shape index (κ2) is 7.19. The summed E-state index contributed by atoms with van der Waals surface area (Å²) in [5.41, 5.74) is 1.67. The first-order valence-electron chi connectivity index (χ1n) is 7.86. The average molecular weight is 323 g/mol. The molecule has 0 saturated carbocycles. The molecule has 0 spiro atoms. The molecule has 1 aromatic carbocycles. The fourth-order valence-corrected chi connectivity index (χ4v) is 2.60. The third kappa shape index (κ3) is 3.58. The van der Waals surface area contributed by atoms with Crippen molar-refractivity contribution in [2.24, 2.45) is 0 Å². The van der Waals surface area contributed by atoms with E-state index in [9.17, 15) is 4.79 Å². The summed E-state index contributed by atoms with van der Waals surface area (Å²) in [5, 5.41) is 2.98. The van der Waals surface area contributed by atoms with E-state index in [2.05, 4.69) is 5.32 Å². The van der Waals surface area contributed by atoms with E-state index in [0.29, 0.717) is 12.1 Å². The lowest BCUT2D eigenvalue weighted by Gasteiger charge is -2.22. The quantitative estimate of drug-likeness (QED) is 0.758. The van der Waals surface area contributed by atoms with Crippen molar-refractivity contribution in [3.63, 3.8) is 0 Å². The van der Waals surface area contributed by atoms with E-state index in [1.807, 2.05) is 84.5 Å². The van der Waals surface area contributed by atoms with Gasteiger partial charge in [-0.1, -0.05) is 0 Å². The van der Waals surface area contributed by atoms with E-state index >= 15 is 0 Å². The third-order valence-electron chi connectivity index (χ3n) is 3.98. The van der Waals surface area contributed by atoms with Gasteiger partial charge in [-0.2, -0.15) is 0 Å². The molecule has 0 aliphatic rings. The minimum Gasteiger partial charge on any atom is -0.468 e. The van der Waals surface area contributed by atoms with E-state index in [4.69, 9.17) is 4.42 Å². The van der Waals surface area contributed by atoms with Crippen molar-refractivity contribution in [2.45, 2.75) is 6.04 Å². The van der Waals surface area contributed by atoms with Crippen molar-refractivity contribution in [3.8, 4) is 5.69 Å². The molecule has 3 aromatic rings. The second-order valence-corrected chi connectivity index (χ2v) is 5.84. The molecule has 0 saturated heterocycles. The average Bonchev–Trinajstić information content (AvgIpc) is 3.28. The van der Waals surface area contributed by atoms with Gasteiger partial charge in [0.1, 0.15) is 5.76 Å². The molecule has 0 bridgehead atoms. The van der Waals surface area contributed by atoms with Gasteiger partial charge >= 0.3 is 0 Å². The van der Waals surface area contributed by atoms with Gasteiger partial charge in [0.25, 0.3) is 5.91 Å². The Morgan fingerprint density at radius 2 is 1.83 bits per heavy atom. The molecule has 5 heteroatoms. The highest BCUT2D eigenvalue weighted by Gasteiger charge is 2.18. The van der Waals surface area contributed by atoms with Crippen molar-refractivity contribution in [1.29, 1.82) is 0 Å². The molecular weight excluding hydrogens is 302 g/mol. The maximum absolute atomic E-state index is 12.4. The number of nitrogens with zero attached hydrogens (tertiary/aromatic N) is 2. The molecule has 5 nitrogen and oxygen atoms in total. The largest absolute Gasteiger partial charge is 0.468 e. The van der Waals surface area contributed by atoms with E-state index in [1.54, 1.807) is 6.26 Å². The number of carbonyl (C=O) groups excluding carboxylic acids is 1. The third-order valence-corrected chi connectivity index (χ3v) is 3.98. The molecule has 1 N–H and O–H groups in total.